The van der Waals surface area contributed by atoms with Gasteiger partial charge in [-0.2, -0.15) is 9.97 Å². The Balaban J connectivity index is 0.643. The monoisotopic (exact) mass is 1020 g/mol. The number of amides is 3. The van der Waals surface area contributed by atoms with Crippen LogP contribution >= 0.6 is 0 Å². The van der Waals surface area contributed by atoms with E-state index in [0.29, 0.717) is 75.0 Å². The van der Waals surface area contributed by atoms with Gasteiger partial charge in [0.25, 0.3) is 5.91 Å². The van der Waals surface area contributed by atoms with Gasteiger partial charge in [-0.25, -0.2) is 13.2 Å². The van der Waals surface area contributed by atoms with Gasteiger partial charge in [-0.3, -0.25) is 34.5 Å². The van der Waals surface area contributed by atoms with E-state index in [2.05, 4.69) is 46.0 Å². The third kappa shape index (κ3) is 8.63. The molecule has 3 aromatic carbocycles. The molecule has 2 N–H and O–H groups in total. The molecular formula is C57H62F3N11O4. The summed E-state index contributed by atoms with van der Waals surface area (Å²) in [6.45, 7) is 10.4. The van der Waals surface area contributed by atoms with Gasteiger partial charge in [-0.15, -0.1) is 6.42 Å². The lowest BCUT2D eigenvalue weighted by Gasteiger charge is -2.41. The molecule has 0 aliphatic carbocycles. The number of terminal acetylenes is 1. The Hall–Kier alpha value is -6.39. The molecule has 2 bridgehead atoms. The van der Waals surface area contributed by atoms with E-state index in [-0.39, 0.29) is 65.3 Å². The second kappa shape index (κ2) is 19.3. The Bertz CT molecular complexity index is 3160. The minimum Gasteiger partial charge on any atom is -0.461 e. The van der Waals surface area contributed by atoms with Crippen molar-refractivity contribution >= 4 is 50.9 Å². The summed E-state index contributed by atoms with van der Waals surface area (Å²) in [5.74, 6) is 0.823. The lowest BCUT2D eigenvalue weighted by molar-refractivity contribution is -0.136. The summed E-state index contributed by atoms with van der Waals surface area (Å²) in [7, 11) is 0. The van der Waals surface area contributed by atoms with Crippen LogP contribution in [0.25, 0.3) is 32.9 Å². The van der Waals surface area contributed by atoms with Crippen molar-refractivity contribution in [3.05, 3.63) is 82.8 Å². The average molecular weight is 1020 g/mol. The number of carbonyl (C=O) groups excluding carboxylic acids is 3. The zero-order chi connectivity index (χ0) is 51.1. The van der Waals surface area contributed by atoms with Crippen molar-refractivity contribution in [1.82, 2.24) is 45.2 Å². The molecule has 15 nitrogen and oxygen atoms in total. The highest BCUT2D eigenvalue weighted by Crippen LogP contribution is 2.44. The van der Waals surface area contributed by atoms with E-state index in [4.69, 9.17) is 21.1 Å². The third-order valence-corrected chi connectivity index (χ3v) is 18.1. The van der Waals surface area contributed by atoms with Crippen molar-refractivity contribution in [2.75, 3.05) is 88.4 Å². The highest BCUT2D eigenvalue weighted by molar-refractivity contribution is 6.06. The molecule has 0 spiro atoms. The van der Waals surface area contributed by atoms with E-state index in [0.717, 1.165) is 123 Å². The number of halogens is 3. The summed E-state index contributed by atoms with van der Waals surface area (Å²) >= 11 is 0. The van der Waals surface area contributed by atoms with Gasteiger partial charge >= 0.3 is 6.01 Å². The first-order chi connectivity index (χ1) is 36.5. The maximum absolute atomic E-state index is 17.2. The summed E-state index contributed by atoms with van der Waals surface area (Å²) in [5, 5.41) is 7.63. The first kappa shape index (κ1) is 48.3. The minimum absolute atomic E-state index is 0.0244. The second-order valence-corrected chi connectivity index (χ2v) is 22.4. The van der Waals surface area contributed by atoms with Gasteiger partial charge in [-0.05, 0) is 93.8 Å². The number of anilines is 2. The number of piperidine rings is 2. The second-order valence-electron chi connectivity index (χ2n) is 22.4. The van der Waals surface area contributed by atoms with Gasteiger partial charge in [0, 0.05) is 118 Å². The molecule has 7 fully saturated rings. The zero-order valence-electron chi connectivity index (χ0n) is 42.1. The number of imide groups is 1. The summed E-state index contributed by atoms with van der Waals surface area (Å²) in [6, 6.07) is 12.1. The van der Waals surface area contributed by atoms with Gasteiger partial charge in [0.1, 0.15) is 35.5 Å². The molecule has 2 aromatic heterocycles. The normalized spacial score (nSPS) is 26.6. The fourth-order valence-electron chi connectivity index (χ4n) is 14.2. The summed E-state index contributed by atoms with van der Waals surface area (Å²) in [6.07, 6.45) is 16.1. The van der Waals surface area contributed by atoms with Crippen LogP contribution in [0.1, 0.15) is 85.7 Å². The average Bonchev–Trinajstić information content (AvgIpc) is 4.18. The van der Waals surface area contributed by atoms with Crippen molar-refractivity contribution in [2.45, 2.75) is 100 Å². The largest absolute Gasteiger partial charge is 0.461 e. The lowest BCUT2D eigenvalue weighted by Crippen LogP contribution is -2.53. The molecule has 390 valence electrons. The maximum Gasteiger partial charge on any atom is 0.319 e. The number of piperazine rings is 2. The molecule has 8 aliphatic rings. The van der Waals surface area contributed by atoms with E-state index in [1.165, 1.54) is 11.0 Å². The molecule has 7 saturated heterocycles. The van der Waals surface area contributed by atoms with Crippen molar-refractivity contribution < 1.29 is 32.3 Å². The SMILES string of the molecule is C#Cc1c(F)ccc2cccc(-c3ncc4c(N5CC6CCC(C5)N6)nc(OC[C@@]56CCCN5[C@H](CN5CCN(CC7CCN(c8ccc9c(c8F)CN(C8CCC(=O)NC8=O)C9=O)CC7)CC5)CC6)nc4c3F)c12. The van der Waals surface area contributed by atoms with Crippen LogP contribution < -0.4 is 25.2 Å². The standard InChI is InChI=1S/C57H62F3N11O4/c1-2-39-44(58)11-7-35-5-3-6-41(48(35)39)51-50(60)52-42(27-61-51)53(69-29-36-8-9-37(30-69)62-36)65-56(64-52)75-33-57-18-4-20-71(57)38(15-19-57)31-67-25-23-66(24-26-67)28-34-16-21-68(22-17-34)45-12-10-40-43(49(45)59)32-70(55(40)74)46-13-14-47(72)63-54(46)73/h1,3,5-7,10-12,27,34,36-38,46,62H,4,8-9,13-26,28-33H2,(H,63,72,73)/t36?,37?,38-,46?,57-/m0/s1. The molecule has 18 heteroatoms. The van der Waals surface area contributed by atoms with E-state index in [1.807, 2.05) is 6.07 Å². The summed E-state index contributed by atoms with van der Waals surface area (Å²) in [4.78, 5) is 65.6. The Kier molecular flexibility index (Phi) is 12.4. The molecule has 3 unspecified atom stereocenters. The van der Waals surface area contributed by atoms with Crippen LogP contribution in [0.2, 0.25) is 0 Å². The Morgan fingerprint density at radius 2 is 1.59 bits per heavy atom. The predicted molar refractivity (Wildman–Crippen MR) is 278 cm³/mol. The molecule has 5 atom stereocenters. The first-order valence-electron chi connectivity index (χ1n) is 27.1. The summed E-state index contributed by atoms with van der Waals surface area (Å²) < 4.78 is 55.1. The molecule has 0 saturated carbocycles. The molecule has 5 aromatic rings. The number of fused-ring (bicyclic) bond motifs is 6. The number of nitrogens with zero attached hydrogens (tertiary/aromatic N) is 9. The Morgan fingerprint density at radius 3 is 2.36 bits per heavy atom. The zero-order valence-corrected chi connectivity index (χ0v) is 42.1. The number of rotatable bonds is 11. The molecular weight excluding hydrogens is 960 g/mol. The van der Waals surface area contributed by atoms with Crippen molar-refractivity contribution in [2.24, 2.45) is 5.92 Å². The Morgan fingerprint density at radius 1 is 0.800 bits per heavy atom. The lowest BCUT2D eigenvalue weighted by atomic mass is 9.95. The first-order valence-corrected chi connectivity index (χ1v) is 27.1. The molecule has 75 heavy (non-hydrogen) atoms. The number of pyridine rings is 1. The molecule has 3 amide bonds. The highest BCUT2D eigenvalue weighted by Gasteiger charge is 2.50. The topological polar surface area (TPSA) is 143 Å². The van der Waals surface area contributed by atoms with Crippen molar-refractivity contribution in [1.29, 1.82) is 0 Å². The number of ether oxygens (including phenoxy) is 1. The number of aromatic nitrogens is 3. The minimum atomic E-state index is -0.777. The highest BCUT2D eigenvalue weighted by atomic mass is 19.1. The van der Waals surface area contributed by atoms with Gasteiger partial charge in [-0.1, -0.05) is 30.2 Å². The molecule has 8 aliphatic heterocycles. The van der Waals surface area contributed by atoms with Gasteiger partial charge in [0.05, 0.1) is 28.7 Å². The quantitative estimate of drug-likeness (QED) is 0.121. The summed E-state index contributed by atoms with van der Waals surface area (Å²) in [5.41, 5.74) is 1.59. The molecule has 13 rings (SSSR count). The maximum atomic E-state index is 17.2. The van der Waals surface area contributed by atoms with E-state index >= 15 is 13.2 Å². The van der Waals surface area contributed by atoms with Gasteiger partial charge in [0.15, 0.2) is 11.6 Å². The van der Waals surface area contributed by atoms with Crippen molar-refractivity contribution in [3.63, 3.8) is 0 Å². The van der Waals surface area contributed by atoms with Gasteiger partial charge in [0.2, 0.25) is 11.8 Å². The van der Waals surface area contributed by atoms with Crippen LogP contribution in [0.4, 0.5) is 24.7 Å². The third-order valence-electron chi connectivity index (χ3n) is 18.1. The van der Waals surface area contributed by atoms with Gasteiger partial charge < -0.3 is 29.7 Å². The number of nitrogens with one attached hydrogen (secondary N) is 2. The predicted octanol–water partition coefficient (Wildman–Crippen LogP) is 5.86. The number of hydrogen-bond donors (Lipinski definition) is 2. The van der Waals surface area contributed by atoms with Crippen LogP contribution in [0, 0.1) is 35.7 Å². The fourth-order valence-corrected chi connectivity index (χ4v) is 14.2. The number of carbonyl (C=O) groups is 3. The Labute approximate surface area is 434 Å². The molecule has 10 heterocycles. The van der Waals surface area contributed by atoms with E-state index in [9.17, 15) is 14.4 Å². The number of hydrogen-bond acceptors (Lipinski definition) is 13. The van der Waals surface area contributed by atoms with Crippen LogP contribution in [-0.2, 0) is 16.1 Å². The van der Waals surface area contributed by atoms with Crippen molar-refractivity contribution in [3.8, 4) is 29.6 Å². The number of benzene rings is 3. The van der Waals surface area contributed by atoms with E-state index < -0.39 is 23.6 Å². The fraction of sp³-hybridized carbons (Fsp3) is 0.509. The van der Waals surface area contributed by atoms with Crippen LogP contribution in [-0.4, -0.2) is 161 Å². The van der Waals surface area contributed by atoms with Crippen LogP contribution in [0.5, 0.6) is 6.01 Å². The van der Waals surface area contributed by atoms with Crippen LogP contribution in [0.3, 0.4) is 0 Å². The van der Waals surface area contributed by atoms with E-state index in [1.54, 1.807) is 36.5 Å². The molecule has 0 radical (unpaired) electrons. The smallest absolute Gasteiger partial charge is 0.319 e. The van der Waals surface area contributed by atoms with Crippen LogP contribution in [0.15, 0.2) is 48.7 Å².